The molecule has 0 aromatic heterocycles. The zero-order valence-electron chi connectivity index (χ0n) is 12.9. The van der Waals surface area contributed by atoms with Crippen LogP contribution in [0.5, 0.6) is 0 Å². The van der Waals surface area contributed by atoms with Gasteiger partial charge in [0, 0.05) is 44.5 Å². The summed E-state index contributed by atoms with van der Waals surface area (Å²) in [6.45, 7) is 11.8. The molecule has 116 valence electrons. The molecule has 2 heterocycles. The van der Waals surface area contributed by atoms with Gasteiger partial charge in [0.1, 0.15) is 5.60 Å². The number of nitrogens with one attached hydrogen (secondary N) is 1. The highest BCUT2D eigenvalue weighted by Crippen LogP contribution is 2.27. The zero-order chi connectivity index (χ0) is 14.6. The van der Waals surface area contributed by atoms with E-state index in [1.807, 2.05) is 37.6 Å². The molecule has 0 saturated carbocycles. The molecule has 0 aromatic rings. The van der Waals surface area contributed by atoms with Crippen LogP contribution in [0, 0.1) is 0 Å². The molecule has 0 aliphatic carbocycles. The van der Waals surface area contributed by atoms with Crippen molar-refractivity contribution in [1.29, 1.82) is 0 Å². The molecule has 2 fully saturated rings. The van der Waals surface area contributed by atoms with Crippen molar-refractivity contribution in [2.24, 2.45) is 0 Å². The second-order valence-electron chi connectivity index (χ2n) is 6.45. The van der Waals surface area contributed by atoms with Gasteiger partial charge in [-0.3, -0.25) is 0 Å². The summed E-state index contributed by atoms with van der Waals surface area (Å²) >= 11 is 1.98. The van der Waals surface area contributed by atoms with Crippen molar-refractivity contribution in [1.82, 2.24) is 14.5 Å². The Morgan fingerprint density at radius 3 is 2.30 bits per heavy atom. The Hall–Kier alpha value is -0.460. The maximum absolute atomic E-state index is 12.0. The highest BCUT2D eigenvalue weighted by atomic mass is 32.2. The van der Waals surface area contributed by atoms with Gasteiger partial charge in [-0.2, -0.15) is 0 Å². The minimum Gasteiger partial charge on any atom is -0.444 e. The maximum Gasteiger partial charge on any atom is 0.410 e. The predicted molar refractivity (Wildman–Crippen MR) is 82.9 cm³/mol. The molecule has 2 saturated heterocycles. The van der Waals surface area contributed by atoms with Crippen molar-refractivity contribution in [3.8, 4) is 0 Å². The van der Waals surface area contributed by atoms with E-state index in [4.69, 9.17) is 4.74 Å². The van der Waals surface area contributed by atoms with Crippen molar-refractivity contribution >= 4 is 18.0 Å². The van der Waals surface area contributed by atoms with E-state index in [0.717, 1.165) is 52.1 Å². The number of amides is 1. The fraction of sp³-hybridized carbons (Fsp3) is 0.929. The first-order valence-corrected chi connectivity index (χ1v) is 8.38. The van der Waals surface area contributed by atoms with Crippen LogP contribution in [-0.4, -0.2) is 65.4 Å². The highest BCUT2D eigenvalue weighted by molar-refractivity contribution is 7.97. The number of rotatable bonds is 2. The summed E-state index contributed by atoms with van der Waals surface area (Å²) in [5.74, 6) is 0. The number of ether oxygens (including phenoxy) is 1. The third kappa shape index (κ3) is 5.14. The highest BCUT2D eigenvalue weighted by Gasteiger charge is 2.28. The summed E-state index contributed by atoms with van der Waals surface area (Å²) in [5, 5.41) is 4.02. The van der Waals surface area contributed by atoms with Gasteiger partial charge in [0.05, 0.1) is 0 Å². The number of carbonyl (C=O) groups excluding carboxylic acids is 1. The Bertz CT molecular complexity index is 319. The molecular weight excluding hydrogens is 274 g/mol. The van der Waals surface area contributed by atoms with Crippen molar-refractivity contribution in [2.75, 3.05) is 39.3 Å². The first kappa shape index (κ1) is 15.9. The van der Waals surface area contributed by atoms with Crippen LogP contribution in [0.2, 0.25) is 0 Å². The van der Waals surface area contributed by atoms with Crippen LogP contribution in [0.4, 0.5) is 4.79 Å². The standard InChI is InChI=1S/C14H27N3O2S/c1-14(2,3)19-13(18)16-8-4-12(5-9-16)20-17-10-6-15-7-11-17/h12,15H,4-11H2,1-3H3. The Balaban J connectivity index is 1.70. The van der Waals surface area contributed by atoms with Crippen LogP contribution in [0.3, 0.4) is 0 Å². The van der Waals surface area contributed by atoms with E-state index in [9.17, 15) is 4.79 Å². The van der Waals surface area contributed by atoms with Crippen molar-refractivity contribution in [3.63, 3.8) is 0 Å². The smallest absolute Gasteiger partial charge is 0.410 e. The van der Waals surface area contributed by atoms with Gasteiger partial charge in [-0.1, -0.05) is 11.9 Å². The average molecular weight is 301 g/mol. The number of likely N-dealkylation sites (tertiary alicyclic amines) is 1. The SMILES string of the molecule is CC(C)(C)OC(=O)N1CCC(SN2CCNCC2)CC1. The van der Waals surface area contributed by atoms with E-state index in [-0.39, 0.29) is 6.09 Å². The number of hydrogen-bond donors (Lipinski definition) is 1. The molecular formula is C14H27N3O2S. The van der Waals surface area contributed by atoms with E-state index in [2.05, 4.69) is 9.62 Å². The quantitative estimate of drug-likeness (QED) is 0.790. The Labute approximate surface area is 126 Å². The molecule has 2 rings (SSSR count). The second kappa shape index (κ2) is 7.00. The number of piperidine rings is 1. The van der Waals surface area contributed by atoms with Gasteiger partial charge in [-0.05, 0) is 33.6 Å². The molecule has 0 aromatic carbocycles. The molecule has 2 aliphatic heterocycles. The molecule has 6 heteroatoms. The van der Waals surface area contributed by atoms with E-state index in [0.29, 0.717) is 5.25 Å². The first-order chi connectivity index (χ1) is 9.44. The number of piperazine rings is 1. The summed E-state index contributed by atoms with van der Waals surface area (Å²) in [4.78, 5) is 13.8. The van der Waals surface area contributed by atoms with Crippen LogP contribution >= 0.6 is 11.9 Å². The van der Waals surface area contributed by atoms with Gasteiger partial charge in [0.25, 0.3) is 0 Å². The minimum atomic E-state index is -0.399. The number of hydrogen-bond acceptors (Lipinski definition) is 5. The van der Waals surface area contributed by atoms with Gasteiger partial charge in [-0.15, -0.1) is 0 Å². The summed E-state index contributed by atoms with van der Waals surface area (Å²) in [6, 6.07) is 0. The normalized spacial score (nSPS) is 22.9. The fourth-order valence-corrected chi connectivity index (χ4v) is 3.67. The molecule has 0 atom stereocenters. The van der Waals surface area contributed by atoms with Gasteiger partial charge < -0.3 is 15.0 Å². The van der Waals surface area contributed by atoms with Crippen molar-refractivity contribution in [3.05, 3.63) is 0 Å². The van der Waals surface area contributed by atoms with E-state index in [1.54, 1.807) is 0 Å². The number of carbonyl (C=O) groups is 1. The average Bonchev–Trinajstić information content (AvgIpc) is 2.39. The summed E-state index contributed by atoms with van der Waals surface area (Å²) in [5.41, 5.74) is -0.399. The molecule has 0 radical (unpaired) electrons. The third-order valence-electron chi connectivity index (χ3n) is 3.47. The topological polar surface area (TPSA) is 44.8 Å². The lowest BCUT2D eigenvalue weighted by atomic mass is 10.1. The fourth-order valence-electron chi connectivity index (χ4n) is 2.43. The summed E-state index contributed by atoms with van der Waals surface area (Å²) in [7, 11) is 0. The molecule has 0 spiro atoms. The largest absolute Gasteiger partial charge is 0.444 e. The minimum absolute atomic E-state index is 0.164. The molecule has 1 N–H and O–H groups in total. The van der Waals surface area contributed by atoms with Gasteiger partial charge >= 0.3 is 6.09 Å². The lowest BCUT2D eigenvalue weighted by molar-refractivity contribution is 0.0218. The Morgan fingerprint density at radius 1 is 1.15 bits per heavy atom. The van der Waals surface area contributed by atoms with Crippen molar-refractivity contribution < 1.29 is 9.53 Å². The molecule has 1 amide bonds. The van der Waals surface area contributed by atoms with Crippen LogP contribution in [0.1, 0.15) is 33.6 Å². The lowest BCUT2D eigenvalue weighted by Gasteiger charge is -2.36. The van der Waals surface area contributed by atoms with E-state index in [1.165, 1.54) is 0 Å². The van der Waals surface area contributed by atoms with Gasteiger partial charge in [0.2, 0.25) is 0 Å². The van der Waals surface area contributed by atoms with Crippen LogP contribution in [-0.2, 0) is 4.74 Å². The van der Waals surface area contributed by atoms with E-state index >= 15 is 0 Å². The monoisotopic (exact) mass is 301 g/mol. The van der Waals surface area contributed by atoms with Gasteiger partial charge in [-0.25, -0.2) is 9.10 Å². The van der Waals surface area contributed by atoms with E-state index < -0.39 is 5.60 Å². The summed E-state index contributed by atoms with van der Waals surface area (Å²) in [6.07, 6.45) is 1.96. The number of nitrogens with zero attached hydrogens (tertiary/aromatic N) is 2. The van der Waals surface area contributed by atoms with Crippen LogP contribution < -0.4 is 5.32 Å². The molecule has 20 heavy (non-hydrogen) atoms. The predicted octanol–water partition coefficient (Wildman–Crippen LogP) is 1.94. The first-order valence-electron chi connectivity index (χ1n) is 7.54. The third-order valence-corrected chi connectivity index (χ3v) is 4.90. The molecule has 5 nitrogen and oxygen atoms in total. The van der Waals surface area contributed by atoms with Gasteiger partial charge in [0.15, 0.2) is 0 Å². The molecule has 0 unspecified atom stereocenters. The maximum atomic E-state index is 12.0. The Kier molecular flexibility index (Phi) is 5.57. The van der Waals surface area contributed by atoms with Crippen molar-refractivity contribution in [2.45, 2.75) is 44.5 Å². The molecule has 0 bridgehead atoms. The second-order valence-corrected chi connectivity index (χ2v) is 7.85. The summed E-state index contributed by atoms with van der Waals surface area (Å²) < 4.78 is 7.89. The van der Waals surface area contributed by atoms with Crippen LogP contribution in [0.15, 0.2) is 0 Å². The molecule has 2 aliphatic rings. The lowest BCUT2D eigenvalue weighted by Crippen LogP contribution is -2.44. The Morgan fingerprint density at radius 2 is 1.75 bits per heavy atom. The zero-order valence-corrected chi connectivity index (χ0v) is 13.7. The van der Waals surface area contributed by atoms with Crippen LogP contribution in [0.25, 0.3) is 0 Å².